The van der Waals surface area contributed by atoms with E-state index < -0.39 is 0 Å². The Balaban J connectivity index is 1.31. The second-order valence-corrected chi connectivity index (χ2v) is 9.17. The van der Waals surface area contributed by atoms with E-state index in [1.165, 1.54) is 11.1 Å². The van der Waals surface area contributed by atoms with Gasteiger partial charge in [-0.3, -0.25) is 0 Å². The van der Waals surface area contributed by atoms with Crippen LogP contribution < -0.4 is 10.1 Å². The van der Waals surface area contributed by atoms with Crippen molar-refractivity contribution in [1.29, 1.82) is 0 Å². The molecule has 5 rings (SSSR count). The molecule has 1 aliphatic heterocycles. The lowest BCUT2D eigenvalue weighted by Crippen LogP contribution is -2.29. The lowest BCUT2D eigenvalue weighted by Gasteiger charge is -2.38. The summed E-state index contributed by atoms with van der Waals surface area (Å²) in [7, 11) is 0. The minimum Gasteiger partial charge on any atom is -0.494 e. The van der Waals surface area contributed by atoms with Gasteiger partial charge in [0.05, 0.1) is 12.6 Å². The SMILES string of the molecule is Clc1ccc(C2Nc3ccc(OCCCc4ccccc4)cc3C3C=CCC32)c(Cl)c1. The van der Waals surface area contributed by atoms with E-state index in [9.17, 15) is 0 Å². The van der Waals surface area contributed by atoms with Crippen molar-refractivity contribution in [2.45, 2.75) is 31.2 Å². The maximum absolute atomic E-state index is 6.56. The first kappa shape index (κ1) is 20.5. The lowest BCUT2D eigenvalue weighted by molar-refractivity contribution is 0.310. The number of fused-ring (bicyclic) bond motifs is 3. The number of nitrogens with one attached hydrogen (secondary N) is 1. The highest BCUT2D eigenvalue weighted by Gasteiger charge is 2.38. The molecule has 3 unspecified atom stereocenters. The predicted molar refractivity (Wildman–Crippen MR) is 130 cm³/mol. The van der Waals surface area contributed by atoms with E-state index in [2.05, 4.69) is 66.0 Å². The average Bonchev–Trinajstić information content (AvgIpc) is 3.28. The summed E-state index contributed by atoms with van der Waals surface area (Å²) < 4.78 is 6.10. The first-order valence-electron chi connectivity index (χ1n) is 10.9. The molecule has 0 radical (unpaired) electrons. The monoisotopic (exact) mass is 449 g/mol. The summed E-state index contributed by atoms with van der Waals surface area (Å²) in [6.45, 7) is 0.716. The molecule has 0 saturated carbocycles. The van der Waals surface area contributed by atoms with Gasteiger partial charge in [0.15, 0.2) is 0 Å². The summed E-state index contributed by atoms with van der Waals surface area (Å²) in [5.41, 5.74) is 4.92. The Labute approximate surface area is 193 Å². The molecule has 3 aromatic rings. The summed E-state index contributed by atoms with van der Waals surface area (Å²) in [6.07, 6.45) is 7.69. The van der Waals surface area contributed by atoms with E-state index in [0.717, 1.165) is 41.3 Å². The van der Waals surface area contributed by atoms with Crippen LogP contribution in [0.4, 0.5) is 5.69 Å². The fraction of sp³-hybridized carbons (Fsp3) is 0.259. The number of hydrogen-bond acceptors (Lipinski definition) is 2. The number of aryl methyl sites for hydroxylation is 1. The van der Waals surface area contributed by atoms with Crippen LogP contribution in [0, 0.1) is 5.92 Å². The van der Waals surface area contributed by atoms with Gasteiger partial charge in [-0.1, -0.05) is 71.8 Å². The highest BCUT2D eigenvalue weighted by atomic mass is 35.5. The summed E-state index contributed by atoms with van der Waals surface area (Å²) in [5.74, 6) is 1.73. The molecule has 31 heavy (non-hydrogen) atoms. The molecule has 0 fully saturated rings. The van der Waals surface area contributed by atoms with Crippen LogP contribution in [0.2, 0.25) is 10.0 Å². The zero-order valence-corrected chi connectivity index (χ0v) is 18.7. The fourth-order valence-corrected chi connectivity index (χ4v) is 5.36. The smallest absolute Gasteiger partial charge is 0.119 e. The second kappa shape index (κ2) is 8.98. The number of benzene rings is 3. The van der Waals surface area contributed by atoms with Crippen molar-refractivity contribution in [1.82, 2.24) is 0 Å². The Bertz CT molecular complexity index is 1100. The highest BCUT2D eigenvalue weighted by Crippen LogP contribution is 2.51. The van der Waals surface area contributed by atoms with Gasteiger partial charge in [0.1, 0.15) is 5.75 Å². The van der Waals surface area contributed by atoms with Crippen LogP contribution >= 0.6 is 23.2 Å². The summed E-state index contributed by atoms with van der Waals surface area (Å²) in [5, 5.41) is 5.12. The van der Waals surface area contributed by atoms with Crippen molar-refractivity contribution in [3.05, 3.63) is 106 Å². The first-order chi connectivity index (χ1) is 15.2. The van der Waals surface area contributed by atoms with Gasteiger partial charge in [-0.15, -0.1) is 0 Å². The van der Waals surface area contributed by atoms with E-state index in [0.29, 0.717) is 23.5 Å². The Morgan fingerprint density at radius 1 is 0.935 bits per heavy atom. The zero-order valence-electron chi connectivity index (χ0n) is 17.2. The van der Waals surface area contributed by atoms with Crippen molar-refractivity contribution < 1.29 is 4.74 Å². The van der Waals surface area contributed by atoms with Crippen LogP contribution in [0.3, 0.4) is 0 Å². The van der Waals surface area contributed by atoms with Crippen molar-refractivity contribution in [2.75, 3.05) is 11.9 Å². The maximum atomic E-state index is 6.56. The molecule has 2 nitrogen and oxygen atoms in total. The minimum atomic E-state index is 0.162. The summed E-state index contributed by atoms with van der Waals surface area (Å²) in [6, 6.07) is 22.9. The quantitative estimate of drug-likeness (QED) is 0.305. The largest absolute Gasteiger partial charge is 0.494 e. The standard InChI is InChI=1S/C27H25Cl2NO/c28-19-11-13-23(25(29)16-19)27-22-10-4-9-21(22)24-17-20(12-14-26(24)30-27)31-15-5-8-18-6-2-1-3-7-18/h1-4,6-7,9,11-14,16-17,21-22,27,30H,5,8,10,15H2. The van der Waals surface area contributed by atoms with Gasteiger partial charge in [-0.2, -0.15) is 0 Å². The minimum absolute atomic E-state index is 0.162. The van der Waals surface area contributed by atoms with E-state index in [-0.39, 0.29) is 6.04 Å². The molecule has 1 N–H and O–H groups in total. The Morgan fingerprint density at radius 2 is 1.81 bits per heavy atom. The van der Waals surface area contributed by atoms with Crippen LogP contribution in [0.15, 0.2) is 78.9 Å². The molecule has 0 amide bonds. The van der Waals surface area contributed by atoms with Crippen LogP contribution in [-0.4, -0.2) is 6.61 Å². The summed E-state index contributed by atoms with van der Waals surface area (Å²) in [4.78, 5) is 0. The van der Waals surface area contributed by atoms with Gasteiger partial charge < -0.3 is 10.1 Å². The molecule has 1 aliphatic carbocycles. The number of anilines is 1. The van der Waals surface area contributed by atoms with Gasteiger partial charge in [0.2, 0.25) is 0 Å². The van der Waals surface area contributed by atoms with Crippen LogP contribution in [0.25, 0.3) is 0 Å². The van der Waals surface area contributed by atoms with Gasteiger partial charge in [-0.05, 0) is 72.2 Å². The first-order valence-corrected chi connectivity index (χ1v) is 11.6. The average molecular weight is 450 g/mol. The third-order valence-corrected chi connectivity index (χ3v) is 6.92. The summed E-state index contributed by atoms with van der Waals surface area (Å²) >= 11 is 12.7. The molecule has 0 bridgehead atoms. The third-order valence-electron chi connectivity index (χ3n) is 6.35. The number of hydrogen-bond donors (Lipinski definition) is 1. The van der Waals surface area contributed by atoms with Gasteiger partial charge in [0.25, 0.3) is 0 Å². The van der Waals surface area contributed by atoms with E-state index >= 15 is 0 Å². The van der Waals surface area contributed by atoms with Crippen molar-refractivity contribution in [3.8, 4) is 5.75 Å². The number of allylic oxidation sites excluding steroid dienone is 2. The molecule has 0 aromatic heterocycles. The topological polar surface area (TPSA) is 21.3 Å². The lowest BCUT2D eigenvalue weighted by atomic mass is 9.77. The molecule has 0 saturated heterocycles. The molecule has 158 valence electrons. The van der Waals surface area contributed by atoms with Crippen LogP contribution in [-0.2, 0) is 6.42 Å². The molecule has 1 heterocycles. The van der Waals surface area contributed by atoms with E-state index in [1.807, 2.05) is 18.2 Å². The predicted octanol–water partition coefficient (Wildman–Crippen LogP) is 7.83. The number of rotatable bonds is 6. The zero-order chi connectivity index (χ0) is 21.2. The molecule has 3 atom stereocenters. The van der Waals surface area contributed by atoms with Crippen molar-refractivity contribution in [3.63, 3.8) is 0 Å². The Morgan fingerprint density at radius 3 is 2.65 bits per heavy atom. The van der Waals surface area contributed by atoms with Gasteiger partial charge in [0, 0.05) is 21.7 Å². The Hall–Kier alpha value is -2.42. The molecular formula is C27H25Cl2NO. The van der Waals surface area contributed by atoms with Crippen LogP contribution in [0.1, 0.15) is 41.5 Å². The van der Waals surface area contributed by atoms with Gasteiger partial charge >= 0.3 is 0 Å². The maximum Gasteiger partial charge on any atom is 0.119 e. The van der Waals surface area contributed by atoms with Crippen molar-refractivity contribution >= 4 is 28.9 Å². The molecular weight excluding hydrogens is 425 g/mol. The Kier molecular flexibility index (Phi) is 5.93. The molecule has 4 heteroatoms. The molecule has 3 aromatic carbocycles. The van der Waals surface area contributed by atoms with E-state index in [4.69, 9.17) is 27.9 Å². The fourth-order valence-electron chi connectivity index (χ4n) is 4.83. The second-order valence-electron chi connectivity index (χ2n) is 8.33. The highest BCUT2D eigenvalue weighted by molar-refractivity contribution is 6.35. The molecule has 2 aliphatic rings. The van der Waals surface area contributed by atoms with Crippen LogP contribution in [0.5, 0.6) is 5.75 Å². The number of ether oxygens (including phenoxy) is 1. The normalized spacial score (nSPS) is 21.3. The molecule has 0 spiro atoms. The third kappa shape index (κ3) is 4.33. The van der Waals surface area contributed by atoms with Crippen molar-refractivity contribution in [2.24, 2.45) is 5.92 Å². The van der Waals surface area contributed by atoms with Gasteiger partial charge in [-0.25, -0.2) is 0 Å². The number of halogens is 2. The van der Waals surface area contributed by atoms with E-state index in [1.54, 1.807) is 0 Å².